The molecule has 0 saturated heterocycles. The third-order valence-corrected chi connectivity index (χ3v) is 6.34. The summed E-state index contributed by atoms with van der Waals surface area (Å²) in [6.45, 7) is 2.66. The number of allylic oxidation sites excluding steroid dienone is 4. The van der Waals surface area contributed by atoms with Crippen LogP contribution in [0.3, 0.4) is 0 Å². The molecule has 0 rings (SSSR count). The summed E-state index contributed by atoms with van der Waals surface area (Å²) in [6, 6.07) is 0. The Kier molecular flexibility index (Phi) is 28.9. The van der Waals surface area contributed by atoms with Crippen molar-refractivity contribution in [2.24, 2.45) is 0 Å². The highest BCUT2D eigenvalue weighted by molar-refractivity contribution is 4.88. The molecule has 0 atom stereocenters. The lowest BCUT2D eigenvalue weighted by atomic mass is 10.1. The van der Waals surface area contributed by atoms with E-state index in [1.807, 2.05) is 0 Å². The summed E-state index contributed by atoms with van der Waals surface area (Å²) in [5, 5.41) is 8.75. The first-order chi connectivity index (χ1) is 15.4. The van der Waals surface area contributed by atoms with Gasteiger partial charge in [-0.25, -0.2) is 0 Å². The van der Waals surface area contributed by atoms with Crippen LogP contribution < -0.4 is 0 Å². The SMILES string of the molecule is CCCCCCCCCCCC/C=C\CC/C=C\CCCCCCCCCCCCO. The molecule has 0 radical (unpaired) electrons. The second-order valence-electron chi connectivity index (χ2n) is 9.54. The fourth-order valence-corrected chi connectivity index (χ4v) is 4.20. The van der Waals surface area contributed by atoms with E-state index >= 15 is 0 Å². The van der Waals surface area contributed by atoms with E-state index < -0.39 is 0 Å². The molecule has 1 heteroatoms. The minimum Gasteiger partial charge on any atom is -0.396 e. The van der Waals surface area contributed by atoms with Gasteiger partial charge >= 0.3 is 0 Å². The molecule has 0 saturated carbocycles. The Morgan fingerprint density at radius 2 is 0.645 bits per heavy atom. The largest absolute Gasteiger partial charge is 0.396 e. The van der Waals surface area contributed by atoms with Crippen LogP contribution in [0.15, 0.2) is 24.3 Å². The van der Waals surface area contributed by atoms with Gasteiger partial charge in [0.25, 0.3) is 0 Å². The summed E-state index contributed by atoms with van der Waals surface area (Å²) in [5.74, 6) is 0. The number of hydrogen-bond acceptors (Lipinski definition) is 1. The van der Waals surface area contributed by atoms with Crippen LogP contribution in [-0.4, -0.2) is 11.7 Å². The quantitative estimate of drug-likeness (QED) is 0.106. The molecule has 0 aliphatic carbocycles. The van der Waals surface area contributed by atoms with Crippen LogP contribution in [-0.2, 0) is 0 Å². The molecule has 1 nitrogen and oxygen atoms in total. The Hall–Kier alpha value is -0.560. The molecule has 184 valence electrons. The standard InChI is InChI=1S/C30H58O/c1-2-3-4-5-6-7-8-9-10-11-12-13-14-15-16-17-18-19-20-21-22-23-24-25-26-27-28-29-30-31/h13-14,17-18,31H,2-12,15-16,19-30H2,1H3/b14-13-,18-17-. The van der Waals surface area contributed by atoms with Crippen molar-refractivity contribution in [2.75, 3.05) is 6.61 Å². The van der Waals surface area contributed by atoms with Crippen molar-refractivity contribution in [1.82, 2.24) is 0 Å². The molecule has 0 unspecified atom stereocenters. The summed E-state index contributed by atoms with van der Waals surface area (Å²) in [7, 11) is 0. The highest BCUT2D eigenvalue weighted by Gasteiger charge is 1.93. The van der Waals surface area contributed by atoms with Crippen molar-refractivity contribution in [3.63, 3.8) is 0 Å². The molecule has 31 heavy (non-hydrogen) atoms. The van der Waals surface area contributed by atoms with Gasteiger partial charge in [0, 0.05) is 6.61 Å². The fourth-order valence-electron chi connectivity index (χ4n) is 4.20. The number of hydrogen-bond donors (Lipinski definition) is 1. The van der Waals surface area contributed by atoms with Gasteiger partial charge in [0.15, 0.2) is 0 Å². The molecular formula is C30H58O. The minimum atomic E-state index is 0.366. The van der Waals surface area contributed by atoms with Crippen LogP contribution in [0.2, 0.25) is 0 Å². The molecule has 0 fully saturated rings. The second-order valence-corrected chi connectivity index (χ2v) is 9.54. The molecule has 0 aromatic heterocycles. The number of aliphatic hydroxyl groups is 1. The van der Waals surface area contributed by atoms with E-state index in [1.165, 1.54) is 148 Å². The summed E-state index contributed by atoms with van der Waals surface area (Å²) >= 11 is 0. The molecule has 0 aliphatic rings. The monoisotopic (exact) mass is 434 g/mol. The predicted octanol–water partition coefficient (Wildman–Crippen LogP) is 10.5. The van der Waals surface area contributed by atoms with Crippen molar-refractivity contribution in [3.05, 3.63) is 24.3 Å². The van der Waals surface area contributed by atoms with Gasteiger partial charge in [-0.1, -0.05) is 140 Å². The van der Waals surface area contributed by atoms with E-state index in [9.17, 15) is 0 Å². The first kappa shape index (κ1) is 30.4. The molecule has 0 spiro atoms. The van der Waals surface area contributed by atoms with Crippen LogP contribution in [0.5, 0.6) is 0 Å². The van der Waals surface area contributed by atoms with E-state index in [2.05, 4.69) is 31.2 Å². The number of unbranched alkanes of at least 4 members (excludes halogenated alkanes) is 21. The van der Waals surface area contributed by atoms with E-state index in [4.69, 9.17) is 5.11 Å². The maximum atomic E-state index is 8.75. The van der Waals surface area contributed by atoms with Crippen LogP contribution in [0.25, 0.3) is 0 Å². The Balaban J connectivity index is 3.14. The van der Waals surface area contributed by atoms with E-state index in [0.29, 0.717) is 6.61 Å². The van der Waals surface area contributed by atoms with E-state index in [1.54, 1.807) is 0 Å². The van der Waals surface area contributed by atoms with Crippen molar-refractivity contribution < 1.29 is 5.11 Å². The van der Waals surface area contributed by atoms with Crippen LogP contribution in [0, 0.1) is 0 Å². The summed E-state index contributed by atoms with van der Waals surface area (Å²) in [6.07, 6.45) is 42.1. The molecule has 0 heterocycles. The molecule has 0 bridgehead atoms. The normalized spacial score (nSPS) is 11.9. The third kappa shape index (κ3) is 29.4. The fraction of sp³-hybridized carbons (Fsp3) is 0.867. The zero-order valence-corrected chi connectivity index (χ0v) is 21.4. The average Bonchev–Trinajstić information content (AvgIpc) is 2.78. The molecule has 0 aliphatic heterocycles. The van der Waals surface area contributed by atoms with Gasteiger partial charge in [-0.2, -0.15) is 0 Å². The smallest absolute Gasteiger partial charge is 0.0431 e. The molecule has 0 aromatic rings. The van der Waals surface area contributed by atoms with Crippen molar-refractivity contribution in [3.8, 4) is 0 Å². The van der Waals surface area contributed by atoms with Crippen molar-refractivity contribution >= 4 is 0 Å². The van der Waals surface area contributed by atoms with Gasteiger partial charge < -0.3 is 5.11 Å². The van der Waals surface area contributed by atoms with Crippen molar-refractivity contribution in [2.45, 2.75) is 161 Å². The minimum absolute atomic E-state index is 0.366. The van der Waals surface area contributed by atoms with E-state index in [0.717, 1.165) is 6.42 Å². The molecular weight excluding hydrogens is 376 g/mol. The van der Waals surface area contributed by atoms with E-state index in [-0.39, 0.29) is 0 Å². The lowest BCUT2D eigenvalue weighted by Crippen LogP contribution is -1.84. The van der Waals surface area contributed by atoms with Gasteiger partial charge in [-0.05, 0) is 44.9 Å². The first-order valence-corrected chi connectivity index (χ1v) is 14.3. The Labute approximate surface area is 197 Å². The zero-order valence-electron chi connectivity index (χ0n) is 21.4. The maximum absolute atomic E-state index is 8.75. The molecule has 0 aromatic carbocycles. The highest BCUT2D eigenvalue weighted by atomic mass is 16.2. The summed E-state index contributed by atoms with van der Waals surface area (Å²) in [5.41, 5.74) is 0. The highest BCUT2D eigenvalue weighted by Crippen LogP contribution is 2.13. The van der Waals surface area contributed by atoms with Crippen molar-refractivity contribution in [1.29, 1.82) is 0 Å². The lowest BCUT2D eigenvalue weighted by Gasteiger charge is -2.01. The molecule has 0 amide bonds. The zero-order chi connectivity index (χ0) is 22.5. The van der Waals surface area contributed by atoms with Gasteiger partial charge in [0.1, 0.15) is 0 Å². The van der Waals surface area contributed by atoms with Crippen LogP contribution in [0.1, 0.15) is 161 Å². The summed E-state index contributed by atoms with van der Waals surface area (Å²) < 4.78 is 0. The van der Waals surface area contributed by atoms with Gasteiger partial charge in [-0.15, -0.1) is 0 Å². The van der Waals surface area contributed by atoms with Crippen LogP contribution in [0.4, 0.5) is 0 Å². The second kappa shape index (κ2) is 29.4. The Bertz CT molecular complexity index is 357. The average molecular weight is 435 g/mol. The Morgan fingerprint density at radius 1 is 0.355 bits per heavy atom. The lowest BCUT2D eigenvalue weighted by molar-refractivity contribution is 0.282. The predicted molar refractivity (Wildman–Crippen MR) is 142 cm³/mol. The van der Waals surface area contributed by atoms with Gasteiger partial charge in [0.05, 0.1) is 0 Å². The van der Waals surface area contributed by atoms with Gasteiger partial charge in [0.2, 0.25) is 0 Å². The van der Waals surface area contributed by atoms with Crippen LogP contribution >= 0.6 is 0 Å². The van der Waals surface area contributed by atoms with Gasteiger partial charge in [-0.3, -0.25) is 0 Å². The maximum Gasteiger partial charge on any atom is 0.0431 e. The first-order valence-electron chi connectivity index (χ1n) is 14.3. The number of aliphatic hydroxyl groups excluding tert-OH is 1. The summed E-state index contributed by atoms with van der Waals surface area (Å²) in [4.78, 5) is 0. The molecule has 1 N–H and O–H groups in total. The Morgan fingerprint density at radius 3 is 1.00 bits per heavy atom. The number of rotatable bonds is 26. The topological polar surface area (TPSA) is 20.2 Å². The third-order valence-electron chi connectivity index (χ3n) is 6.34.